The Morgan fingerprint density at radius 2 is 2.30 bits per heavy atom. The van der Waals surface area contributed by atoms with E-state index in [4.69, 9.17) is 5.73 Å². The molecule has 0 saturated heterocycles. The molecule has 1 amide bonds. The van der Waals surface area contributed by atoms with Crippen LogP contribution < -0.4 is 11.1 Å². The van der Waals surface area contributed by atoms with E-state index in [2.05, 4.69) is 5.32 Å². The lowest BCUT2D eigenvalue weighted by atomic mass is 9.97. The van der Waals surface area contributed by atoms with Gasteiger partial charge < -0.3 is 11.1 Å². The number of hydrogen-bond acceptors (Lipinski definition) is 3. The number of benzene rings is 1. The number of halogens is 2. The molecule has 20 heavy (non-hydrogen) atoms. The van der Waals surface area contributed by atoms with Crippen LogP contribution in [0.2, 0.25) is 0 Å². The summed E-state index contributed by atoms with van der Waals surface area (Å²) in [5.74, 6) is -1.51. The molecule has 3 nitrogen and oxygen atoms in total. The maximum Gasteiger partial charge on any atom is 0.237 e. The average Bonchev–Trinajstić information content (AvgIpc) is 2.78. The van der Waals surface area contributed by atoms with E-state index in [9.17, 15) is 13.6 Å². The highest BCUT2D eigenvalue weighted by Crippen LogP contribution is 2.40. The summed E-state index contributed by atoms with van der Waals surface area (Å²) in [5.41, 5.74) is 4.80. The summed E-state index contributed by atoms with van der Waals surface area (Å²) < 4.78 is 26.5. The molecule has 1 aliphatic rings. The van der Waals surface area contributed by atoms with E-state index in [1.165, 1.54) is 23.9 Å². The van der Waals surface area contributed by atoms with Crippen molar-refractivity contribution in [2.45, 2.75) is 41.9 Å². The third kappa shape index (κ3) is 3.12. The number of hydrogen-bond donors (Lipinski definition) is 2. The minimum Gasteiger partial charge on any atom is -0.368 e. The van der Waals surface area contributed by atoms with E-state index >= 15 is 0 Å². The predicted molar refractivity (Wildman–Crippen MR) is 75.5 cm³/mol. The highest BCUT2D eigenvalue weighted by molar-refractivity contribution is 8.00. The number of nitrogens with two attached hydrogens (primary N) is 1. The van der Waals surface area contributed by atoms with E-state index in [-0.39, 0.29) is 11.2 Å². The Kier molecular flexibility index (Phi) is 4.65. The van der Waals surface area contributed by atoms with Gasteiger partial charge in [-0.05, 0) is 37.9 Å². The first-order chi connectivity index (χ1) is 9.47. The maximum absolute atomic E-state index is 13.6. The van der Waals surface area contributed by atoms with E-state index < -0.39 is 17.2 Å². The molecule has 110 valence electrons. The predicted octanol–water partition coefficient (Wildman–Crippen LogP) is 2.44. The van der Waals surface area contributed by atoms with Gasteiger partial charge in [-0.1, -0.05) is 6.92 Å². The second-order valence-electron chi connectivity index (χ2n) is 5.03. The Morgan fingerprint density at radius 3 is 2.90 bits per heavy atom. The van der Waals surface area contributed by atoms with Crippen LogP contribution in [0.5, 0.6) is 0 Å². The Labute approximate surface area is 121 Å². The number of primary amides is 1. The molecule has 0 bridgehead atoms. The van der Waals surface area contributed by atoms with E-state index in [0.29, 0.717) is 24.3 Å². The highest BCUT2D eigenvalue weighted by Gasteiger charge is 2.43. The molecule has 1 saturated carbocycles. The van der Waals surface area contributed by atoms with Gasteiger partial charge in [0, 0.05) is 16.2 Å². The van der Waals surface area contributed by atoms with Crippen LogP contribution in [0.15, 0.2) is 23.1 Å². The molecule has 6 heteroatoms. The highest BCUT2D eigenvalue weighted by atomic mass is 32.2. The van der Waals surface area contributed by atoms with E-state index in [0.717, 1.165) is 12.5 Å². The molecule has 2 unspecified atom stereocenters. The lowest BCUT2D eigenvalue weighted by molar-refractivity contribution is -0.124. The van der Waals surface area contributed by atoms with Gasteiger partial charge in [0.05, 0.1) is 5.54 Å². The Morgan fingerprint density at radius 1 is 1.55 bits per heavy atom. The lowest BCUT2D eigenvalue weighted by Gasteiger charge is -2.26. The second kappa shape index (κ2) is 6.10. The molecule has 3 N–H and O–H groups in total. The molecule has 2 atom stereocenters. The quantitative estimate of drug-likeness (QED) is 0.878. The number of rotatable bonds is 5. The van der Waals surface area contributed by atoms with Crippen LogP contribution in [0, 0.1) is 11.6 Å². The molecule has 1 fully saturated rings. The van der Waals surface area contributed by atoms with Crippen molar-refractivity contribution in [2.24, 2.45) is 5.73 Å². The largest absolute Gasteiger partial charge is 0.368 e. The van der Waals surface area contributed by atoms with Gasteiger partial charge in [0.1, 0.15) is 11.6 Å². The zero-order valence-electron chi connectivity index (χ0n) is 11.3. The molecular formula is C14H18F2N2OS. The fourth-order valence-corrected chi connectivity index (χ4v) is 3.94. The summed E-state index contributed by atoms with van der Waals surface area (Å²) in [7, 11) is 0. The molecule has 2 rings (SSSR count). The van der Waals surface area contributed by atoms with Crippen LogP contribution in [-0.4, -0.2) is 23.2 Å². The zero-order valence-corrected chi connectivity index (χ0v) is 12.1. The third-order valence-corrected chi connectivity index (χ3v) is 4.96. The lowest BCUT2D eigenvalue weighted by Crippen LogP contribution is -2.53. The Hall–Kier alpha value is -1.14. The van der Waals surface area contributed by atoms with Crippen LogP contribution in [0.1, 0.15) is 26.2 Å². The van der Waals surface area contributed by atoms with Crippen LogP contribution in [0.4, 0.5) is 8.78 Å². The van der Waals surface area contributed by atoms with Crippen molar-refractivity contribution < 1.29 is 13.6 Å². The third-order valence-electron chi connectivity index (χ3n) is 3.64. The molecule has 0 aromatic heterocycles. The van der Waals surface area contributed by atoms with Crippen molar-refractivity contribution in [3.63, 3.8) is 0 Å². The number of nitrogens with one attached hydrogen (secondary N) is 1. The summed E-state index contributed by atoms with van der Waals surface area (Å²) in [6, 6.07) is 3.56. The number of likely N-dealkylation sites (N-methyl/N-ethyl adjacent to an activating group) is 1. The number of amides is 1. The minimum atomic E-state index is -0.692. The monoisotopic (exact) mass is 300 g/mol. The maximum atomic E-state index is 13.6. The zero-order chi connectivity index (χ0) is 14.8. The Bertz CT molecular complexity index is 512. The minimum absolute atomic E-state index is 0.0986. The van der Waals surface area contributed by atoms with Gasteiger partial charge in [-0.2, -0.15) is 0 Å². The van der Waals surface area contributed by atoms with Gasteiger partial charge in [0.25, 0.3) is 0 Å². The molecule has 0 radical (unpaired) electrons. The molecule has 1 aromatic carbocycles. The normalized spacial score (nSPS) is 25.9. The number of thioether (sulfide) groups is 1. The molecule has 0 heterocycles. The summed E-state index contributed by atoms with van der Waals surface area (Å²) in [6.07, 6.45) is 1.99. The first-order valence-corrected chi connectivity index (χ1v) is 7.51. The van der Waals surface area contributed by atoms with Gasteiger partial charge in [-0.25, -0.2) is 8.78 Å². The molecule has 0 spiro atoms. The summed E-state index contributed by atoms with van der Waals surface area (Å²) in [6.45, 7) is 2.58. The van der Waals surface area contributed by atoms with Gasteiger partial charge in [-0.15, -0.1) is 11.8 Å². The summed E-state index contributed by atoms with van der Waals surface area (Å²) in [5, 5.41) is 3.25. The van der Waals surface area contributed by atoms with Gasteiger partial charge >= 0.3 is 0 Å². The van der Waals surface area contributed by atoms with Crippen LogP contribution >= 0.6 is 11.8 Å². The smallest absolute Gasteiger partial charge is 0.237 e. The summed E-state index contributed by atoms with van der Waals surface area (Å²) >= 11 is 1.34. The molecular weight excluding hydrogens is 282 g/mol. The van der Waals surface area contributed by atoms with Gasteiger partial charge in [0.15, 0.2) is 0 Å². The summed E-state index contributed by atoms with van der Waals surface area (Å²) in [4.78, 5) is 12.1. The van der Waals surface area contributed by atoms with Crippen LogP contribution in [0.3, 0.4) is 0 Å². The van der Waals surface area contributed by atoms with Gasteiger partial charge in [0.2, 0.25) is 5.91 Å². The standard InChI is InChI=1S/C14H18F2N2OS/c1-2-18-14(13(17)19)6-5-10(8-14)20-12-4-3-9(15)7-11(12)16/h3-4,7,10,18H,2,5-6,8H2,1H3,(H2,17,19). The SMILES string of the molecule is CCNC1(C(N)=O)CCC(Sc2ccc(F)cc2F)C1. The van der Waals surface area contributed by atoms with Crippen molar-refractivity contribution in [3.05, 3.63) is 29.8 Å². The van der Waals surface area contributed by atoms with E-state index in [1.807, 2.05) is 6.92 Å². The fraction of sp³-hybridized carbons (Fsp3) is 0.500. The van der Waals surface area contributed by atoms with E-state index in [1.54, 1.807) is 0 Å². The van der Waals surface area contributed by atoms with Crippen molar-refractivity contribution >= 4 is 17.7 Å². The Balaban J connectivity index is 2.07. The molecule has 0 aliphatic heterocycles. The second-order valence-corrected chi connectivity index (χ2v) is 6.38. The number of carbonyl (C=O) groups excluding carboxylic acids is 1. The van der Waals surface area contributed by atoms with Crippen LogP contribution in [-0.2, 0) is 4.79 Å². The number of carbonyl (C=O) groups is 1. The molecule has 1 aromatic rings. The van der Waals surface area contributed by atoms with Gasteiger partial charge in [-0.3, -0.25) is 4.79 Å². The molecule has 1 aliphatic carbocycles. The van der Waals surface area contributed by atoms with Crippen molar-refractivity contribution in [1.29, 1.82) is 0 Å². The van der Waals surface area contributed by atoms with Crippen LogP contribution in [0.25, 0.3) is 0 Å². The van der Waals surface area contributed by atoms with Crippen molar-refractivity contribution in [1.82, 2.24) is 5.32 Å². The topological polar surface area (TPSA) is 55.1 Å². The average molecular weight is 300 g/mol. The fourth-order valence-electron chi connectivity index (χ4n) is 2.66. The van der Waals surface area contributed by atoms with Crippen molar-refractivity contribution in [2.75, 3.05) is 6.54 Å². The first-order valence-electron chi connectivity index (χ1n) is 6.63. The van der Waals surface area contributed by atoms with Crippen molar-refractivity contribution in [3.8, 4) is 0 Å². The first kappa shape index (κ1) is 15.3.